The number of ether oxygens (including phenoxy) is 1. The number of nitrogens with two attached hydrogens (primary N) is 1. The van der Waals surface area contributed by atoms with Gasteiger partial charge >= 0.3 is 0 Å². The van der Waals surface area contributed by atoms with Crippen molar-refractivity contribution in [2.45, 2.75) is 64.5 Å². The Kier molecular flexibility index (Phi) is 11.0. The number of carbonyl (C=O) groups is 1. The number of nitrogens with one attached hydrogen (secondary N) is 2. The molecule has 1 amide bonds. The van der Waals surface area contributed by atoms with Crippen LogP contribution in [0.3, 0.4) is 0 Å². The second-order valence-electron chi connectivity index (χ2n) is 10.5. The molecule has 0 bridgehead atoms. The van der Waals surface area contributed by atoms with Crippen LogP contribution in [0.15, 0.2) is 72.0 Å². The summed E-state index contributed by atoms with van der Waals surface area (Å²) < 4.78 is 5.58. The number of fused-ring (bicyclic) bond motifs is 1. The van der Waals surface area contributed by atoms with Crippen LogP contribution in [0.5, 0.6) is 0 Å². The average Bonchev–Trinajstić information content (AvgIpc) is 3.40. The van der Waals surface area contributed by atoms with E-state index in [4.69, 9.17) is 20.4 Å². The maximum atomic E-state index is 13.3. The second kappa shape index (κ2) is 14.9. The van der Waals surface area contributed by atoms with Crippen molar-refractivity contribution in [3.8, 4) is 0 Å². The number of aromatic nitrogens is 2. The highest BCUT2D eigenvalue weighted by Crippen LogP contribution is 2.31. The monoisotopic (exact) mass is 544 g/mol. The van der Waals surface area contributed by atoms with Crippen LogP contribution in [0.4, 0.5) is 5.82 Å². The maximum Gasteiger partial charge on any atom is 0.255 e. The van der Waals surface area contributed by atoms with Gasteiger partial charge in [-0.3, -0.25) is 4.79 Å². The van der Waals surface area contributed by atoms with Gasteiger partial charge in [-0.05, 0) is 51.7 Å². The van der Waals surface area contributed by atoms with E-state index < -0.39 is 0 Å². The standard InChI is InChI=1S/C32H44N6O2/c1-4-23(2)21-25(32(39)35-26-9-6-5-7-10-26)13-15-29-28-16-18-38(27-14-12-24(3)34-22-27)31(28)37-30(36-29)11-8-19-40-20-17-33/h4,6,9-10,12-14,21,24,27,34H,1,5,7-8,11,15-20,22,33H2,2-3H3,(H,35,39)/b23-21-,25-13+. The topological polar surface area (TPSA) is 105 Å². The van der Waals surface area contributed by atoms with E-state index in [2.05, 4.69) is 53.3 Å². The van der Waals surface area contributed by atoms with Crippen molar-refractivity contribution in [2.75, 3.05) is 37.7 Å². The summed E-state index contributed by atoms with van der Waals surface area (Å²) in [5.41, 5.74) is 10.1. The van der Waals surface area contributed by atoms with E-state index in [1.807, 2.05) is 25.2 Å². The van der Waals surface area contributed by atoms with Crippen molar-refractivity contribution in [1.29, 1.82) is 0 Å². The highest BCUT2D eigenvalue weighted by atomic mass is 16.5. The maximum absolute atomic E-state index is 13.3. The molecule has 2 atom stereocenters. The van der Waals surface area contributed by atoms with Crippen LogP contribution in [-0.4, -0.2) is 60.8 Å². The first-order chi connectivity index (χ1) is 19.5. The van der Waals surface area contributed by atoms with Gasteiger partial charge in [0.05, 0.1) is 18.3 Å². The average molecular weight is 545 g/mol. The molecule has 3 aliphatic rings. The molecule has 40 heavy (non-hydrogen) atoms. The smallest absolute Gasteiger partial charge is 0.255 e. The van der Waals surface area contributed by atoms with Gasteiger partial charge in [0.25, 0.3) is 5.91 Å². The fourth-order valence-corrected chi connectivity index (χ4v) is 5.11. The Hall–Kier alpha value is -3.33. The molecule has 3 heterocycles. The molecule has 2 aliphatic heterocycles. The number of allylic oxidation sites excluding steroid dienone is 6. The zero-order chi connectivity index (χ0) is 28.3. The minimum absolute atomic E-state index is 0.129. The number of amides is 1. The highest BCUT2D eigenvalue weighted by molar-refractivity contribution is 5.97. The van der Waals surface area contributed by atoms with Gasteiger partial charge in [0.15, 0.2) is 0 Å². The van der Waals surface area contributed by atoms with Crippen molar-refractivity contribution in [3.63, 3.8) is 0 Å². The number of rotatable bonds is 13. The van der Waals surface area contributed by atoms with Crippen LogP contribution < -0.4 is 21.3 Å². The van der Waals surface area contributed by atoms with Crippen molar-refractivity contribution < 1.29 is 9.53 Å². The lowest BCUT2D eigenvalue weighted by Gasteiger charge is -2.31. The predicted octanol–water partition coefficient (Wildman–Crippen LogP) is 3.61. The van der Waals surface area contributed by atoms with E-state index in [0.717, 1.165) is 73.8 Å². The van der Waals surface area contributed by atoms with Gasteiger partial charge in [-0.2, -0.15) is 0 Å². The van der Waals surface area contributed by atoms with E-state index in [0.29, 0.717) is 37.8 Å². The van der Waals surface area contributed by atoms with E-state index in [-0.39, 0.29) is 11.9 Å². The first-order valence-electron chi connectivity index (χ1n) is 14.5. The summed E-state index contributed by atoms with van der Waals surface area (Å²) in [7, 11) is 0. The molecule has 0 saturated carbocycles. The summed E-state index contributed by atoms with van der Waals surface area (Å²) in [5, 5.41) is 6.61. The minimum Gasteiger partial charge on any atom is -0.380 e. The van der Waals surface area contributed by atoms with Gasteiger partial charge in [-0.1, -0.05) is 48.6 Å². The summed E-state index contributed by atoms with van der Waals surface area (Å²) in [6.07, 6.45) is 21.2. The largest absolute Gasteiger partial charge is 0.380 e. The first-order valence-corrected chi connectivity index (χ1v) is 14.5. The molecule has 8 nitrogen and oxygen atoms in total. The second-order valence-corrected chi connectivity index (χ2v) is 10.5. The van der Waals surface area contributed by atoms with E-state index in [9.17, 15) is 4.79 Å². The zero-order valence-electron chi connectivity index (χ0n) is 24.0. The van der Waals surface area contributed by atoms with E-state index >= 15 is 0 Å². The van der Waals surface area contributed by atoms with Crippen LogP contribution in [0.1, 0.15) is 50.2 Å². The summed E-state index contributed by atoms with van der Waals surface area (Å²) in [5.74, 6) is 1.70. The molecule has 4 N–H and O–H groups in total. The van der Waals surface area contributed by atoms with Crippen LogP contribution in [0, 0.1) is 0 Å². The molecule has 214 valence electrons. The van der Waals surface area contributed by atoms with Crippen molar-refractivity contribution >= 4 is 11.7 Å². The van der Waals surface area contributed by atoms with Gasteiger partial charge in [0.2, 0.25) is 0 Å². The molecule has 0 fully saturated rings. The lowest BCUT2D eigenvalue weighted by molar-refractivity contribution is -0.116. The van der Waals surface area contributed by atoms with Gasteiger partial charge in [0.1, 0.15) is 11.6 Å². The zero-order valence-corrected chi connectivity index (χ0v) is 24.0. The molecular formula is C32H44N6O2. The highest BCUT2D eigenvalue weighted by Gasteiger charge is 2.30. The molecule has 0 aromatic carbocycles. The molecular weight excluding hydrogens is 500 g/mol. The molecule has 0 saturated heterocycles. The molecule has 0 radical (unpaired) electrons. The van der Waals surface area contributed by atoms with Gasteiger partial charge < -0.3 is 26.0 Å². The van der Waals surface area contributed by atoms with Crippen molar-refractivity contribution in [3.05, 3.63) is 89.1 Å². The third-order valence-electron chi connectivity index (χ3n) is 7.35. The molecule has 0 spiro atoms. The summed E-state index contributed by atoms with van der Waals surface area (Å²) in [4.78, 5) is 25.7. The normalized spacial score (nSPS) is 20.9. The third-order valence-corrected chi connectivity index (χ3v) is 7.35. The number of nitrogens with zero attached hydrogens (tertiary/aromatic N) is 3. The summed E-state index contributed by atoms with van der Waals surface area (Å²) >= 11 is 0. The molecule has 1 aromatic rings. The fraction of sp³-hybridized carbons (Fsp3) is 0.469. The number of hydrogen-bond donors (Lipinski definition) is 3. The van der Waals surface area contributed by atoms with Crippen LogP contribution in [0.25, 0.3) is 0 Å². The Labute approximate surface area is 238 Å². The van der Waals surface area contributed by atoms with Gasteiger partial charge in [0, 0.05) is 62.0 Å². The van der Waals surface area contributed by atoms with Gasteiger partial charge in [-0.15, -0.1) is 0 Å². The van der Waals surface area contributed by atoms with Gasteiger partial charge in [-0.25, -0.2) is 9.97 Å². The number of hydrogen-bond acceptors (Lipinski definition) is 7. The summed E-state index contributed by atoms with van der Waals surface area (Å²) in [6.45, 7) is 11.5. The molecule has 2 unspecified atom stereocenters. The quantitative estimate of drug-likeness (QED) is 0.151. The first kappa shape index (κ1) is 29.6. The predicted molar refractivity (Wildman–Crippen MR) is 162 cm³/mol. The lowest BCUT2D eigenvalue weighted by Crippen LogP contribution is -2.45. The Morgan fingerprint density at radius 2 is 2.17 bits per heavy atom. The van der Waals surface area contributed by atoms with E-state index in [1.54, 1.807) is 6.08 Å². The fourth-order valence-electron chi connectivity index (χ4n) is 5.11. The Morgan fingerprint density at radius 1 is 1.30 bits per heavy atom. The Balaban J connectivity index is 1.61. The molecule has 1 aromatic heterocycles. The molecule has 8 heteroatoms. The van der Waals surface area contributed by atoms with Crippen LogP contribution >= 0.6 is 0 Å². The molecule has 4 rings (SSSR count). The number of anilines is 1. The lowest BCUT2D eigenvalue weighted by atomic mass is 10.1. The number of carbonyl (C=O) groups excluding carboxylic acids is 1. The molecule has 1 aliphatic carbocycles. The van der Waals surface area contributed by atoms with Crippen molar-refractivity contribution in [2.24, 2.45) is 5.73 Å². The van der Waals surface area contributed by atoms with Crippen LogP contribution in [-0.2, 0) is 28.8 Å². The number of aryl methyl sites for hydroxylation is 1. The SMILES string of the molecule is C=C/C(C)=C\C(=C/Cc1nc(CCCOCCN)nc2c1CCN2C1C=CC(C)NC1)C(=O)NC1=CCCC=C1. The van der Waals surface area contributed by atoms with E-state index in [1.165, 1.54) is 5.56 Å². The van der Waals surface area contributed by atoms with Crippen LogP contribution in [0.2, 0.25) is 0 Å². The van der Waals surface area contributed by atoms with Crippen molar-refractivity contribution in [1.82, 2.24) is 20.6 Å². The minimum atomic E-state index is -0.129. The Bertz CT molecular complexity index is 1210. The Morgan fingerprint density at radius 3 is 2.90 bits per heavy atom. The third kappa shape index (κ3) is 8.10. The summed E-state index contributed by atoms with van der Waals surface area (Å²) in [6, 6.07) is 0.637.